The number of fused-ring (bicyclic) bond motifs is 1. The number of carbonyl (C=O) groups excluding carboxylic acids is 1. The number of likely N-dealkylation sites (N-methyl/N-ethyl adjacent to an activating group) is 1. The van der Waals surface area contributed by atoms with E-state index in [1.165, 1.54) is 12.8 Å². The number of nitrogens with one attached hydrogen (secondary N) is 2. The molecular weight excluding hydrogens is 372 g/mol. The molecule has 0 saturated carbocycles. The molecule has 1 amide bonds. The molecule has 1 atom stereocenters. The maximum absolute atomic E-state index is 12.6. The highest BCUT2D eigenvalue weighted by Gasteiger charge is 2.22. The van der Waals surface area contributed by atoms with Gasteiger partial charge in [0.05, 0.1) is 10.9 Å². The van der Waals surface area contributed by atoms with Crippen molar-refractivity contribution in [2.24, 2.45) is 0 Å². The van der Waals surface area contributed by atoms with Crippen molar-refractivity contribution in [1.82, 2.24) is 19.8 Å². The number of aromatic nitrogens is 2. The van der Waals surface area contributed by atoms with Gasteiger partial charge in [0.25, 0.3) is 5.56 Å². The number of hydrogen-bond donors (Lipinski definition) is 2. The van der Waals surface area contributed by atoms with E-state index in [4.69, 9.17) is 12.2 Å². The van der Waals surface area contributed by atoms with Crippen molar-refractivity contribution in [3.05, 3.63) is 39.4 Å². The first-order chi connectivity index (χ1) is 13.6. The molecule has 152 valence electrons. The van der Waals surface area contributed by atoms with Gasteiger partial charge in [0.1, 0.15) is 0 Å². The quantitative estimate of drug-likeness (QED) is 0.499. The molecule has 28 heavy (non-hydrogen) atoms. The minimum Gasteiger partial charge on any atom is -0.355 e. The lowest BCUT2D eigenvalue weighted by Gasteiger charge is -2.22. The van der Waals surface area contributed by atoms with Crippen LogP contribution in [0.5, 0.6) is 0 Å². The molecule has 0 unspecified atom stereocenters. The molecule has 1 aliphatic rings. The third-order valence-corrected chi connectivity index (χ3v) is 5.94. The zero-order chi connectivity index (χ0) is 19.9. The number of carbonyl (C=O) groups is 1. The summed E-state index contributed by atoms with van der Waals surface area (Å²) in [4.78, 5) is 30.2. The predicted molar refractivity (Wildman–Crippen MR) is 115 cm³/mol. The lowest BCUT2D eigenvalue weighted by molar-refractivity contribution is -0.121. The molecule has 3 rings (SSSR count). The summed E-state index contributed by atoms with van der Waals surface area (Å²) in [6.07, 6.45) is 5.49. The Morgan fingerprint density at radius 2 is 2.11 bits per heavy atom. The summed E-state index contributed by atoms with van der Waals surface area (Å²) in [5.74, 6) is 0.128. The molecular formula is C21H30N4O2S. The fraction of sp³-hybridized carbons (Fsp3) is 0.571. The second-order valence-corrected chi connectivity index (χ2v) is 7.86. The van der Waals surface area contributed by atoms with Gasteiger partial charge in [0.2, 0.25) is 5.91 Å². The van der Waals surface area contributed by atoms with Crippen LogP contribution in [0.3, 0.4) is 0 Å². The number of likely N-dealkylation sites (tertiary alicyclic amines) is 1. The fourth-order valence-electron chi connectivity index (χ4n) is 4.00. The molecule has 7 heteroatoms. The maximum Gasteiger partial charge on any atom is 0.262 e. The fourth-order valence-corrected chi connectivity index (χ4v) is 4.28. The Hall–Kier alpha value is -1.99. The first-order valence-electron chi connectivity index (χ1n) is 10.3. The molecule has 0 radical (unpaired) electrons. The van der Waals surface area contributed by atoms with Crippen molar-refractivity contribution in [3.63, 3.8) is 0 Å². The summed E-state index contributed by atoms with van der Waals surface area (Å²) < 4.78 is 2.08. The summed E-state index contributed by atoms with van der Waals surface area (Å²) in [7, 11) is 0. The van der Waals surface area contributed by atoms with E-state index in [2.05, 4.69) is 22.1 Å². The van der Waals surface area contributed by atoms with Crippen LogP contribution in [0.15, 0.2) is 29.1 Å². The van der Waals surface area contributed by atoms with Crippen LogP contribution in [0.4, 0.5) is 0 Å². The van der Waals surface area contributed by atoms with Gasteiger partial charge in [-0.3, -0.25) is 19.1 Å². The van der Waals surface area contributed by atoms with Gasteiger partial charge in [-0.15, -0.1) is 0 Å². The highest BCUT2D eigenvalue weighted by atomic mass is 32.1. The van der Waals surface area contributed by atoms with Gasteiger partial charge in [-0.05, 0) is 63.1 Å². The van der Waals surface area contributed by atoms with Crippen molar-refractivity contribution < 1.29 is 4.79 Å². The van der Waals surface area contributed by atoms with E-state index in [1.807, 2.05) is 24.3 Å². The molecule has 2 aromatic rings. The van der Waals surface area contributed by atoms with Crippen molar-refractivity contribution in [2.45, 2.75) is 58.0 Å². The van der Waals surface area contributed by atoms with Gasteiger partial charge in [0, 0.05) is 25.6 Å². The minimum absolute atomic E-state index is 0.0471. The van der Waals surface area contributed by atoms with E-state index in [-0.39, 0.29) is 11.5 Å². The van der Waals surface area contributed by atoms with Gasteiger partial charge in [0.15, 0.2) is 4.77 Å². The molecule has 1 aliphatic heterocycles. The van der Waals surface area contributed by atoms with Gasteiger partial charge in [-0.25, -0.2) is 0 Å². The second kappa shape index (κ2) is 9.98. The average Bonchev–Trinajstić information content (AvgIpc) is 3.16. The number of aromatic amines is 1. The highest BCUT2D eigenvalue weighted by molar-refractivity contribution is 7.71. The van der Waals surface area contributed by atoms with Crippen LogP contribution in [0, 0.1) is 4.77 Å². The first-order valence-corrected chi connectivity index (χ1v) is 10.7. The van der Waals surface area contributed by atoms with Crippen LogP contribution in [0.1, 0.15) is 45.4 Å². The maximum atomic E-state index is 12.6. The van der Waals surface area contributed by atoms with Crippen molar-refractivity contribution in [2.75, 3.05) is 19.6 Å². The number of rotatable bonds is 9. The molecule has 1 fully saturated rings. The SMILES string of the molecule is CCN1CCC[C@@H]1CNC(=O)CCCCCn1c(=S)[nH]c2ccccc2c1=O. The highest BCUT2D eigenvalue weighted by Crippen LogP contribution is 2.15. The number of nitrogens with zero attached hydrogens (tertiary/aromatic N) is 2. The Bertz CT molecular complexity index is 920. The summed E-state index contributed by atoms with van der Waals surface area (Å²) >= 11 is 5.33. The predicted octanol–water partition coefficient (Wildman–Crippen LogP) is 3.22. The summed E-state index contributed by atoms with van der Waals surface area (Å²) in [6, 6.07) is 7.91. The van der Waals surface area contributed by atoms with Gasteiger partial charge in [-0.1, -0.05) is 25.5 Å². The topological polar surface area (TPSA) is 70.1 Å². The number of hydrogen-bond acceptors (Lipinski definition) is 4. The number of benzene rings is 1. The smallest absolute Gasteiger partial charge is 0.262 e. The minimum atomic E-state index is -0.0471. The standard InChI is InChI=1S/C21H30N4O2S/c1-2-24-13-8-9-16(24)15-22-19(26)12-4-3-7-14-25-20(27)17-10-5-6-11-18(17)23-21(25)28/h5-6,10-11,16H,2-4,7-9,12-15H2,1H3,(H,22,26)(H,23,28)/t16-/m1/s1. The van der Waals surface area contributed by atoms with Crippen LogP contribution in [-0.4, -0.2) is 46.0 Å². The van der Waals surface area contributed by atoms with E-state index in [0.29, 0.717) is 29.2 Å². The van der Waals surface area contributed by atoms with Crippen LogP contribution < -0.4 is 10.9 Å². The second-order valence-electron chi connectivity index (χ2n) is 7.47. The molecule has 2 N–H and O–H groups in total. The number of amides is 1. The van der Waals surface area contributed by atoms with Crippen LogP contribution in [0.25, 0.3) is 10.9 Å². The largest absolute Gasteiger partial charge is 0.355 e. The van der Waals surface area contributed by atoms with Crippen molar-refractivity contribution in [1.29, 1.82) is 0 Å². The zero-order valence-corrected chi connectivity index (χ0v) is 17.4. The molecule has 0 aliphatic carbocycles. The lowest BCUT2D eigenvalue weighted by atomic mass is 10.1. The van der Waals surface area contributed by atoms with E-state index in [0.717, 1.165) is 44.4 Å². The van der Waals surface area contributed by atoms with Gasteiger partial charge in [-0.2, -0.15) is 0 Å². The van der Waals surface area contributed by atoms with Crippen LogP contribution >= 0.6 is 12.2 Å². The third-order valence-electron chi connectivity index (χ3n) is 5.62. The molecule has 1 aromatic heterocycles. The van der Waals surface area contributed by atoms with Gasteiger partial charge < -0.3 is 10.3 Å². The summed E-state index contributed by atoms with van der Waals surface area (Å²) in [5, 5.41) is 3.73. The molecule has 6 nitrogen and oxygen atoms in total. The van der Waals surface area contributed by atoms with Crippen LogP contribution in [-0.2, 0) is 11.3 Å². The Morgan fingerprint density at radius 1 is 1.29 bits per heavy atom. The monoisotopic (exact) mass is 402 g/mol. The molecule has 2 heterocycles. The zero-order valence-electron chi connectivity index (χ0n) is 16.6. The Labute approximate surface area is 170 Å². The summed E-state index contributed by atoms with van der Waals surface area (Å²) in [6.45, 7) is 5.71. The van der Waals surface area contributed by atoms with E-state index >= 15 is 0 Å². The lowest BCUT2D eigenvalue weighted by Crippen LogP contribution is -2.39. The van der Waals surface area contributed by atoms with Crippen molar-refractivity contribution in [3.8, 4) is 0 Å². The number of H-pyrrole nitrogens is 1. The molecule has 0 spiro atoms. The van der Waals surface area contributed by atoms with Gasteiger partial charge >= 0.3 is 0 Å². The van der Waals surface area contributed by atoms with E-state index < -0.39 is 0 Å². The molecule has 1 saturated heterocycles. The average molecular weight is 403 g/mol. The van der Waals surface area contributed by atoms with E-state index in [1.54, 1.807) is 4.57 Å². The van der Waals surface area contributed by atoms with E-state index in [9.17, 15) is 9.59 Å². The summed E-state index contributed by atoms with van der Waals surface area (Å²) in [5.41, 5.74) is 0.725. The first kappa shape index (κ1) is 20.7. The van der Waals surface area contributed by atoms with Crippen LogP contribution in [0.2, 0.25) is 0 Å². The Balaban J connectivity index is 1.40. The third kappa shape index (κ3) is 5.08. The Morgan fingerprint density at radius 3 is 2.93 bits per heavy atom. The van der Waals surface area contributed by atoms with Crippen molar-refractivity contribution >= 4 is 29.0 Å². The molecule has 1 aromatic carbocycles. The molecule has 0 bridgehead atoms. The number of unbranched alkanes of at least 4 members (excludes halogenated alkanes) is 2. The number of para-hydroxylation sites is 1. The Kier molecular flexibility index (Phi) is 7.39. The normalized spacial score (nSPS) is 17.2.